The van der Waals surface area contributed by atoms with Crippen molar-refractivity contribution in [2.45, 2.75) is 58.3 Å². The molecule has 13 heteroatoms. The zero-order chi connectivity index (χ0) is 21.7. The van der Waals surface area contributed by atoms with Gasteiger partial charge in [-0.05, 0) is 18.5 Å². The highest BCUT2D eigenvalue weighted by molar-refractivity contribution is 5.87. The second kappa shape index (κ2) is 9.17. The molecule has 2 rings (SSSR count). The monoisotopic (exact) mass is 408 g/mol. The third kappa shape index (κ3) is 5.30. The fraction of sp³-hybridized carbons (Fsp3) is 0.562. The van der Waals surface area contributed by atoms with Gasteiger partial charge in [-0.1, -0.05) is 5.11 Å². The van der Waals surface area contributed by atoms with Crippen molar-refractivity contribution < 1.29 is 28.6 Å². The average molecular weight is 408 g/mol. The lowest BCUT2D eigenvalue weighted by Gasteiger charge is -2.43. The van der Waals surface area contributed by atoms with Crippen molar-refractivity contribution >= 4 is 23.7 Å². The number of azide groups is 1. The van der Waals surface area contributed by atoms with Crippen LogP contribution in [0.15, 0.2) is 22.2 Å². The zero-order valence-corrected chi connectivity index (χ0v) is 16.1. The first-order chi connectivity index (χ1) is 13.6. The van der Waals surface area contributed by atoms with Crippen LogP contribution in [0.2, 0.25) is 0 Å². The normalized spacial score (nSPS) is 26.0. The first-order valence-electron chi connectivity index (χ1n) is 8.55. The molecule has 0 bridgehead atoms. The third-order valence-corrected chi connectivity index (χ3v) is 3.97. The quantitative estimate of drug-likeness (QED) is 0.320. The Morgan fingerprint density at radius 1 is 1.24 bits per heavy atom. The van der Waals surface area contributed by atoms with Crippen molar-refractivity contribution in [1.82, 2.24) is 9.55 Å². The molecule has 0 aliphatic carbocycles. The van der Waals surface area contributed by atoms with Crippen LogP contribution in [0.4, 0.5) is 5.82 Å². The lowest BCUT2D eigenvalue weighted by molar-refractivity contribution is -0.227. The fourth-order valence-corrected chi connectivity index (χ4v) is 2.95. The fourth-order valence-electron chi connectivity index (χ4n) is 2.95. The minimum Gasteiger partial charge on any atom is -0.458 e. The summed E-state index contributed by atoms with van der Waals surface area (Å²) < 4.78 is 17.3. The van der Waals surface area contributed by atoms with Crippen molar-refractivity contribution in [3.05, 3.63) is 33.2 Å². The Bertz CT molecular complexity index is 909. The lowest BCUT2D eigenvalue weighted by atomic mass is 9.96. The number of aromatic nitrogens is 2. The predicted octanol–water partition coefficient (Wildman–Crippen LogP) is 0.661. The van der Waals surface area contributed by atoms with E-state index in [0.29, 0.717) is 0 Å². The highest BCUT2D eigenvalue weighted by atomic mass is 16.6. The van der Waals surface area contributed by atoms with Gasteiger partial charge in [0.15, 0.2) is 18.4 Å². The van der Waals surface area contributed by atoms with Crippen molar-refractivity contribution in [1.29, 1.82) is 0 Å². The number of carbonyl (C=O) groups is 3. The molecule has 29 heavy (non-hydrogen) atoms. The third-order valence-electron chi connectivity index (χ3n) is 3.97. The molecular formula is C16H20N6O7. The maximum atomic E-state index is 12.5. The highest BCUT2D eigenvalue weighted by Gasteiger charge is 2.49. The molecule has 1 saturated heterocycles. The summed E-state index contributed by atoms with van der Waals surface area (Å²) in [6, 6.07) is 0.342. The van der Waals surface area contributed by atoms with Gasteiger partial charge in [0, 0.05) is 31.9 Å². The van der Waals surface area contributed by atoms with E-state index in [-0.39, 0.29) is 5.82 Å². The second-order valence-electron chi connectivity index (χ2n) is 6.26. The molecule has 5 atom stereocenters. The van der Waals surface area contributed by atoms with Crippen molar-refractivity contribution in [3.8, 4) is 0 Å². The smallest absolute Gasteiger partial charge is 0.351 e. The molecule has 1 aliphatic rings. The van der Waals surface area contributed by atoms with E-state index in [1.165, 1.54) is 19.2 Å². The molecule has 0 saturated carbocycles. The predicted molar refractivity (Wildman–Crippen MR) is 96.4 cm³/mol. The number of amides is 1. The van der Waals surface area contributed by atoms with Gasteiger partial charge in [0.25, 0.3) is 0 Å². The number of ether oxygens (including phenoxy) is 3. The van der Waals surface area contributed by atoms with E-state index in [1.54, 1.807) is 6.92 Å². The summed E-state index contributed by atoms with van der Waals surface area (Å²) >= 11 is 0. The van der Waals surface area contributed by atoms with E-state index in [1.807, 2.05) is 0 Å². The highest BCUT2D eigenvalue weighted by Crippen LogP contribution is 2.33. The summed E-state index contributed by atoms with van der Waals surface area (Å²) in [4.78, 5) is 53.3. The number of esters is 2. The Balaban J connectivity index is 2.52. The minimum absolute atomic E-state index is 0.0233. The van der Waals surface area contributed by atoms with Crippen LogP contribution in [0.5, 0.6) is 0 Å². The summed E-state index contributed by atoms with van der Waals surface area (Å²) in [5.41, 5.74) is 8.03. The van der Waals surface area contributed by atoms with E-state index in [9.17, 15) is 19.2 Å². The number of nitrogens with zero attached hydrogens (tertiary/aromatic N) is 5. The largest absolute Gasteiger partial charge is 0.458 e. The molecule has 1 amide bonds. The average Bonchev–Trinajstić information content (AvgIpc) is 2.59. The summed E-state index contributed by atoms with van der Waals surface area (Å²) in [5.74, 6) is -1.83. The number of hydrogen-bond acceptors (Lipinski definition) is 9. The maximum Gasteiger partial charge on any atom is 0.351 e. The van der Waals surface area contributed by atoms with Crippen LogP contribution in [-0.2, 0) is 28.6 Å². The minimum atomic E-state index is -1.30. The van der Waals surface area contributed by atoms with Crippen LogP contribution >= 0.6 is 0 Å². The van der Waals surface area contributed by atoms with Gasteiger partial charge in [-0.2, -0.15) is 4.98 Å². The van der Waals surface area contributed by atoms with Gasteiger partial charge < -0.3 is 19.5 Å². The molecule has 0 spiro atoms. The van der Waals surface area contributed by atoms with E-state index < -0.39 is 54.1 Å². The molecule has 1 aromatic rings. The van der Waals surface area contributed by atoms with Gasteiger partial charge in [0.1, 0.15) is 11.9 Å². The van der Waals surface area contributed by atoms with Gasteiger partial charge >= 0.3 is 17.6 Å². The molecule has 13 nitrogen and oxygen atoms in total. The molecule has 156 valence electrons. The van der Waals surface area contributed by atoms with Crippen LogP contribution in [-0.4, -0.2) is 51.8 Å². The Morgan fingerprint density at radius 2 is 1.86 bits per heavy atom. The molecule has 0 radical (unpaired) electrons. The summed E-state index contributed by atoms with van der Waals surface area (Å²) in [6.45, 7) is 5.08. The van der Waals surface area contributed by atoms with Crippen LogP contribution in [0.3, 0.4) is 0 Å². The number of carbonyl (C=O) groups excluding carboxylic acids is 3. The summed E-state index contributed by atoms with van der Waals surface area (Å²) in [6.07, 6.45) is -3.24. The number of nitrogens with one attached hydrogen (secondary N) is 1. The molecule has 5 unspecified atom stereocenters. The lowest BCUT2D eigenvalue weighted by Crippen LogP contribution is -2.57. The van der Waals surface area contributed by atoms with E-state index >= 15 is 0 Å². The SMILES string of the molecule is CC(=O)Nc1ccn(C2OC(C)C(N=[N+]=[N-])C(OC(C)=O)C2OC(C)=O)c(=O)n1. The molecule has 1 fully saturated rings. The standard InChI is InChI=1S/C16H20N6O7/c1-7-12(20-21-17)13(28-9(3)24)14(29-10(4)25)15(27-7)22-6-5-11(18-8(2)23)19-16(22)26/h5-7,12-15H,1-4H3,(H,18,19,23,26). The van der Waals surface area contributed by atoms with Crippen molar-refractivity contribution in [2.75, 3.05) is 5.32 Å². The number of rotatable bonds is 5. The molecule has 1 aromatic heterocycles. The van der Waals surface area contributed by atoms with Gasteiger partial charge in [0.2, 0.25) is 5.91 Å². The Morgan fingerprint density at radius 3 is 2.38 bits per heavy atom. The summed E-state index contributed by atoms with van der Waals surface area (Å²) in [5, 5.41) is 5.96. The first kappa shape index (κ1) is 21.9. The van der Waals surface area contributed by atoms with E-state index in [2.05, 4.69) is 20.3 Å². The Labute approximate surface area is 164 Å². The van der Waals surface area contributed by atoms with Crippen molar-refractivity contribution in [3.63, 3.8) is 0 Å². The molecule has 2 heterocycles. The molecular weight excluding hydrogens is 388 g/mol. The molecule has 1 N–H and O–H groups in total. The van der Waals surface area contributed by atoms with Gasteiger partial charge in [0.05, 0.1) is 6.10 Å². The Hall–Kier alpha value is -3.44. The van der Waals surface area contributed by atoms with Gasteiger partial charge in [-0.25, -0.2) is 4.79 Å². The van der Waals surface area contributed by atoms with Gasteiger partial charge in [-0.15, -0.1) is 0 Å². The number of hydrogen-bond donors (Lipinski definition) is 1. The van der Waals surface area contributed by atoms with Crippen LogP contribution < -0.4 is 11.0 Å². The Kier molecular flexibility index (Phi) is 6.91. The zero-order valence-electron chi connectivity index (χ0n) is 16.1. The van der Waals surface area contributed by atoms with Crippen molar-refractivity contribution in [2.24, 2.45) is 5.11 Å². The molecule has 1 aliphatic heterocycles. The number of anilines is 1. The topological polar surface area (TPSA) is 175 Å². The van der Waals surface area contributed by atoms with Crippen LogP contribution in [0.25, 0.3) is 10.4 Å². The van der Waals surface area contributed by atoms with E-state index in [4.69, 9.17) is 19.7 Å². The van der Waals surface area contributed by atoms with E-state index in [0.717, 1.165) is 18.4 Å². The first-order valence-corrected chi connectivity index (χ1v) is 8.55. The van der Waals surface area contributed by atoms with Gasteiger partial charge in [-0.3, -0.25) is 19.0 Å². The van der Waals surface area contributed by atoms with Crippen LogP contribution in [0, 0.1) is 0 Å². The second-order valence-corrected chi connectivity index (χ2v) is 6.26. The van der Waals surface area contributed by atoms with Crippen LogP contribution in [0.1, 0.15) is 33.9 Å². The maximum absolute atomic E-state index is 12.5. The summed E-state index contributed by atoms with van der Waals surface area (Å²) in [7, 11) is 0. The molecule has 0 aromatic carbocycles.